The highest BCUT2D eigenvalue weighted by molar-refractivity contribution is 5.75. The number of aromatic amines is 1. The molecule has 19 heavy (non-hydrogen) atoms. The van der Waals surface area contributed by atoms with Gasteiger partial charge in [0.15, 0.2) is 0 Å². The summed E-state index contributed by atoms with van der Waals surface area (Å²) in [6, 6.07) is 8.20. The van der Waals surface area contributed by atoms with Crippen LogP contribution >= 0.6 is 0 Å². The number of nitrogens with zero attached hydrogens (tertiary/aromatic N) is 4. The van der Waals surface area contributed by atoms with Crippen molar-refractivity contribution in [3.8, 4) is 0 Å². The van der Waals surface area contributed by atoms with E-state index in [4.69, 9.17) is 0 Å². The molecule has 0 saturated carbocycles. The lowest BCUT2D eigenvalue weighted by molar-refractivity contribution is 0.607. The first-order valence-electron chi connectivity index (χ1n) is 6.37. The number of H-pyrrole nitrogens is 1. The van der Waals surface area contributed by atoms with Gasteiger partial charge in [-0.3, -0.25) is 5.10 Å². The second-order valence-corrected chi connectivity index (χ2v) is 4.30. The van der Waals surface area contributed by atoms with E-state index in [0.29, 0.717) is 13.1 Å². The van der Waals surface area contributed by atoms with Crippen LogP contribution in [0, 0.1) is 0 Å². The van der Waals surface area contributed by atoms with E-state index >= 15 is 0 Å². The lowest BCUT2D eigenvalue weighted by Crippen LogP contribution is -2.17. The standard InChI is InChI=1S/C13H16N6/c1-2-19-11-6-4-3-5-10(11)17-13(19)8-14-7-12-15-9-16-18-12/h3-6,9,14H,2,7-8H2,1H3,(H,15,16,18). The van der Waals surface area contributed by atoms with Crippen molar-refractivity contribution in [1.29, 1.82) is 0 Å². The smallest absolute Gasteiger partial charge is 0.138 e. The number of hydrogen-bond acceptors (Lipinski definition) is 4. The van der Waals surface area contributed by atoms with Crippen LogP contribution in [0.4, 0.5) is 0 Å². The topological polar surface area (TPSA) is 71.4 Å². The van der Waals surface area contributed by atoms with Crippen molar-refractivity contribution < 1.29 is 0 Å². The quantitative estimate of drug-likeness (QED) is 0.725. The molecule has 0 spiro atoms. The summed E-state index contributed by atoms with van der Waals surface area (Å²) in [4.78, 5) is 8.73. The molecule has 0 unspecified atom stereocenters. The van der Waals surface area contributed by atoms with Crippen molar-refractivity contribution in [2.45, 2.75) is 26.6 Å². The van der Waals surface area contributed by atoms with Crippen molar-refractivity contribution in [3.63, 3.8) is 0 Å². The number of aromatic nitrogens is 5. The first kappa shape index (κ1) is 11.9. The highest BCUT2D eigenvalue weighted by atomic mass is 15.2. The first-order chi connectivity index (χ1) is 9.38. The van der Waals surface area contributed by atoms with E-state index in [2.05, 4.69) is 43.0 Å². The predicted octanol–water partition coefficient (Wildman–Crippen LogP) is 1.46. The number of hydrogen-bond donors (Lipinski definition) is 2. The van der Waals surface area contributed by atoms with Gasteiger partial charge in [-0.15, -0.1) is 0 Å². The van der Waals surface area contributed by atoms with Crippen LogP contribution in [0.1, 0.15) is 18.6 Å². The summed E-state index contributed by atoms with van der Waals surface area (Å²) in [5.41, 5.74) is 2.22. The Morgan fingerprint density at radius 3 is 2.95 bits per heavy atom. The van der Waals surface area contributed by atoms with Crippen LogP contribution in [0.2, 0.25) is 0 Å². The molecule has 6 nitrogen and oxygen atoms in total. The van der Waals surface area contributed by atoms with Crippen LogP contribution in [0.3, 0.4) is 0 Å². The first-order valence-corrected chi connectivity index (χ1v) is 6.37. The fraction of sp³-hybridized carbons (Fsp3) is 0.308. The summed E-state index contributed by atoms with van der Waals surface area (Å²) in [5, 5.41) is 9.97. The van der Waals surface area contributed by atoms with Gasteiger partial charge in [0.2, 0.25) is 0 Å². The predicted molar refractivity (Wildman–Crippen MR) is 72.3 cm³/mol. The molecular weight excluding hydrogens is 240 g/mol. The number of fused-ring (bicyclic) bond motifs is 1. The minimum Gasteiger partial charge on any atom is -0.327 e. The Hall–Kier alpha value is -2.21. The third kappa shape index (κ3) is 2.34. The minimum absolute atomic E-state index is 0.660. The highest BCUT2D eigenvalue weighted by Crippen LogP contribution is 2.15. The fourth-order valence-corrected chi connectivity index (χ4v) is 2.22. The molecular formula is C13H16N6. The molecule has 0 bridgehead atoms. The molecule has 6 heteroatoms. The zero-order valence-electron chi connectivity index (χ0n) is 10.8. The third-order valence-electron chi connectivity index (χ3n) is 3.09. The van der Waals surface area contributed by atoms with E-state index in [1.54, 1.807) is 0 Å². The van der Waals surface area contributed by atoms with Crippen LogP contribution in [0.5, 0.6) is 0 Å². The van der Waals surface area contributed by atoms with Gasteiger partial charge in [-0.2, -0.15) is 5.10 Å². The SMILES string of the molecule is CCn1c(CNCc2ncn[nH]2)nc2ccccc21. The fourth-order valence-electron chi connectivity index (χ4n) is 2.22. The summed E-state index contributed by atoms with van der Waals surface area (Å²) in [6.45, 7) is 4.42. The maximum atomic E-state index is 4.66. The zero-order chi connectivity index (χ0) is 13.1. The Morgan fingerprint density at radius 2 is 2.16 bits per heavy atom. The lowest BCUT2D eigenvalue weighted by atomic mass is 10.3. The molecule has 2 N–H and O–H groups in total. The average Bonchev–Trinajstić information content (AvgIpc) is 3.05. The number of nitrogens with one attached hydrogen (secondary N) is 2. The molecule has 0 aliphatic heterocycles. The summed E-state index contributed by atoms with van der Waals surface area (Å²) < 4.78 is 2.22. The molecule has 0 aliphatic carbocycles. The summed E-state index contributed by atoms with van der Waals surface area (Å²) >= 11 is 0. The van der Waals surface area contributed by atoms with Gasteiger partial charge in [-0.25, -0.2) is 9.97 Å². The molecule has 0 aliphatic rings. The zero-order valence-corrected chi connectivity index (χ0v) is 10.8. The summed E-state index contributed by atoms with van der Waals surface area (Å²) in [6.07, 6.45) is 1.51. The normalized spacial score (nSPS) is 11.2. The molecule has 2 heterocycles. The van der Waals surface area contributed by atoms with Gasteiger partial charge in [0, 0.05) is 6.54 Å². The van der Waals surface area contributed by atoms with Gasteiger partial charge < -0.3 is 9.88 Å². The maximum Gasteiger partial charge on any atom is 0.138 e. The van der Waals surface area contributed by atoms with Gasteiger partial charge in [0.1, 0.15) is 18.0 Å². The van der Waals surface area contributed by atoms with Crippen LogP contribution in [-0.4, -0.2) is 24.7 Å². The Kier molecular flexibility index (Phi) is 3.24. The number of benzene rings is 1. The van der Waals surface area contributed by atoms with Crippen LogP contribution in [0.15, 0.2) is 30.6 Å². The molecule has 3 rings (SSSR count). The van der Waals surface area contributed by atoms with E-state index in [9.17, 15) is 0 Å². The third-order valence-corrected chi connectivity index (χ3v) is 3.09. The van der Waals surface area contributed by atoms with E-state index < -0.39 is 0 Å². The van der Waals surface area contributed by atoms with Crippen molar-refractivity contribution in [2.75, 3.05) is 0 Å². The summed E-state index contributed by atoms with van der Waals surface area (Å²) in [5.74, 6) is 1.88. The number of para-hydroxylation sites is 2. The van der Waals surface area contributed by atoms with Crippen LogP contribution in [0.25, 0.3) is 11.0 Å². The van der Waals surface area contributed by atoms with Crippen molar-refractivity contribution >= 4 is 11.0 Å². The second-order valence-electron chi connectivity index (χ2n) is 4.30. The van der Waals surface area contributed by atoms with E-state index in [0.717, 1.165) is 23.7 Å². The van der Waals surface area contributed by atoms with Crippen molar-refractivity contribution in [1.82, 2.24) is 30.0 Å². The number of rotatable bonds is 5. The molecule has 0 radical (unpaired) electrons. The molecule has 0 saturated heterocycles. The molecule has 98 valence electrons. The van der Waals surface area contributed by atoms with Crippen molar-refractivity contribution in [2.24, 2.45) is 0 Å². The number of imidazole rings is 1. The second kappa shape index (κ2) is 5.19. The Labute approximate surface area is 110 Å². The lowest BCUT2D eigenvalue weighted by Gasteiger charge is -2.06. The maximum absolute atomic E-state index is 4.66. The molecule has 2 aromatic heterocycles. The van der Waals surface area contributed by atoms with E-state index in [1.165, 1.54) is 11.8 Å². The molecule has 0 fully saturated rings. The summed E-state index contributed by atoms with van der Waals surface area (Å²) in [7, 11) is 0. The average molecular weight is 256 g/mol. The van der Waals surface area contributed by atoms with E-state index in [1.807, 2.05) is 18.2 Å². The number of aryl methyl sites for hydroxylation is 1. The Morgan fingerprint density at radius 1 is 1.26 bits per heavy atom. The van der Waals surface area contributed by atoms with Gasteiger partial charge >= 0.3 is 0 Å². The Bertz CT molecular complexity index is 655. The van der Waals surface area contributed by atoms with Crippen LogP contribution in [-0.2, 0) is 19.6 Å². The van der Waals surface area contributed by atoms with E-state index in [-0.39, 0.29) is 0 Å². The molecule has 3 aromatic rings. The minimum atomic E-state index is 0.660. The van der Waals surface area contributed by atoms with Gasteiger partial charge in [-0.05, 0) is 19.1 Å². The largest absolute Gasteiger partial charge is 0.327 e. The highest BCUT2D eigenvalue weighted by Gasteiger charge is 2.08. The molecule has 0 amide bonds. The van der Waals surface area contributed by atoms with Gasteiger partial charge in [0.05, 0.1) is 24.1 Å². The monoisotopic (exact) mass is 256 g/mol. The van der Waals surface area contributed by atoms with Gasteiger partial charge in [0.25, 0.3) is 0 Å². The molecule has 0 atom stereocenters. The van der Waals surface area contributed by atoms with Crippen molar-refractivity contribution in [3.05, 3.63) is 42.2 Å². The molecule has 1 aromatic carbocycles. The van der Waals surface area contributed by atoms with Gasteiger partial charge in [-0.1, -0.05) is 12.1 Å². The Balaban J connectivity index is 1.76. The van der Waals surface area contributed by atoms with Crippen LogP contribution < -0.4 is 5.32 Å².